The number of rotatable bonds is 6. The van der Waals surface area contributed by atoms with Crippen molar-refractivity contribution < 1.29 is 23.5 Å². The normalized spacial score (nSPS) is 10.3. The number of ether oxygens (including phenoxy) is 1. The molecule has 0 fully saturated rings. The third-order valence-corrected chi connectivity index (χ3v) is 4.51. The van der Waals surface area contributed by atoms with Crippen LogP contribution in [0.2, 0.25) is 0 Å². The lowest BCUT2D eigenvalue weighted by Gasteiger charge is -2.06. The Morgan fingerprint density at radius 2 is 1.85 bits per heavy atom. The van der Waals surface area contributed by atoms with E-state index in [-0.39, 0.29) is 29.6 Å². The summed E-state index contributed by atoms with van der Waals surface area (Å²) in [5.74, 6) is -1.03. The first-order valence-corrected chi connectivity index (χ1v) is 8.56. The monoisotopic (exact) mass is 369 g/mol. The van der Waals surface area contributed by atoms with Gasteiger partial charge in [0.05, 0.1) is 16.7 Å². The van der Waals surface area contributed by atoms with Crippen LogP contribution in [0.25, 0.3) is 0 Å². The van der Waals surface area contributed by atoms with Gasteiger partial charge in [-0.1, -0.05) is 0 Å². The summed E-state index contributed by atoms with van der Waals surface area (Å²) < 4.78 is 10.1. The minimum atomic E-state index is -0.601. The molecule has 2 heterocycles. The van der Waals surface area contributed by atoms with Gasteiger partial charge in [-0.25, -0.2) is 4.79 Å². The third-order valence-electron chi connectivity index (χ3n) is 3.47. The Hall–Kier alpha value is -3.19. The smallest absolute Gasteiger partial charge is 0.338 e. The van der Waals surface area contributed by atoms with Crippen LogP contribution in [-0.4, -0.2) is 24.3 Å². The fourth-order valence-electron chi connectivity index (χ4n) is 2.16. The molecule has 0 aliphatic heterocycles. The number of aryl methyl sites for hydroxylation is 1. The quantitative estimate of drug-likeness (QED) is 0.525. The molecule has 1 aromatic carbocycles. The van der Waals surface area contributed by atoms with E-state index in [9.17, 15) is 14.4 Å². The third kappa shape index (κ3) is 4.25. The van der Waals surface area contributed by atoms with Gasteiger partial charge in [-0.2, -0.15) is 0 Å². The Morgan fingerprint density at radius 3 is 2.46 bits per heavy atom. The van der Waals surface area contributed by atoms with Crippen LogP contribution in [0.5, 0.6) is 0 Å². The highest BCUT2D eigenvalue weighted by molar-refractivity contribution is 7.14. The predicted octanol–water partition coefficient (Wildman–Crippen LogP) is 3.94. The molecule has 0 saturated heterocycles. The Morgan fingerprint density at radius 1 is 1.08 bits per heavy atom. The summed E-state index contributed by atoms with van der Waals surface area (Å²) in [7, 11) is 0. The molecule has 0 saturated carbocycles. The molecule has 0 bridgehead atoms. The number of ketones is 1. The average molecular weight is 369 g/mol. The second kappa shape index (κ2) is 7.79. The van der Waals surface area contributed by atoms with Crippen LogP contribution < -0.4 is 5.32 Å². The number of amides is 1. The van der Waals surface area contributed by atoms with Crippen molar-refractivity contribution in [1.82, 2.24) is 0 Å². The van der Waals surface area contributed by atoms with E-state index in [2.05, 4.69) is 5.32 Å². The fraction of sp³-hybridized carbons (Fsp3) is 0.105. The number of anilines is 1. The first-order chi connectivity index (χ1) is 12.5. The second-order valence-electron chi connectivity index (χ2n) is 5.42. The van der Waals surface area contributed by atoms with Crippen molar-refractivity contribution >= 4 is 34.7 Å². The summed E-state index contributed by atoms with van der Waals surface area (Å²) in [5.41, 5.74) is 0.796. The van der Waals surface area contributed by atoms with Crippen molar-refractivity contribution in [1.29, 1.82) is 0 Å². The molecule has 3 rings (SSSR count). The zero-order valence-corrected chi connectivity index (χ0v) is 14.7. The van der Waals surface area contributed by atoms with E-state index in [4.69, 9.17) is 9.15 Å². The van der Waals surface area contributed by atoms with E-state index in [0.717, 1.165) is 4.88 Å². The minimum absolute atomic E-state index is 0.191. The molecular weight excluding hydrogens is 354 g/mol. The summed E-state index contributed by atoms with van der Waals surface area (Å²) in [6.07, 6.45) is 1.41. The molecule has 7 heteroatoms. The first kappa shape index (κ1) is 17.6. The van der Waals surface area contributed by atoms with Crippen LogP contribution in [0.15, 0.2) is 59.2 Å². The lowest BCUT2D eigenvalue weighted by Crippen LogP contribution is -2.14. The van der Waals surface area contributed by atoms with Crippen LogP contribution in [-0.2, 0) is 4.74 Å². The van der Waals surface area contributed by atoms with Crippen molar-refractivity contribution in [3.8, 4) is 0 Å². The van der Waals surface area contributed by atoms with Crippen LogP contribution in [0.4, 0.5) is 5.69 Å². The van der Waals surface area contributed by atoms with E-state index >= 15 is 0 Å². The largest absolute Gasteiger partial charge is 0.459 e. The Labute approximate surface area is 153 Å². The summed E-state index contributed by atoms with van der Waals surface area (Å²) in [6.45, 7) is 1.59. The first-order valence-electron chi connectivity index (χ1n) is 7.74. The van der Waals surface area contributed by atoms with Crippen molar-refractivity contribution in [2.24, 2.45) is 0 Å². The number of thiophene rings is 1. The van der Waals surface area contributed by atoms with Crippen LogP contribution >= 0.6 is 11.3 Å². The van der Waals surface area contributed by atoms with Gasteiger partial charge in [-0.3, -0.25) is 9.59 Å². The highest BCUT2D eigenvalue weighted by Crippen LogP contribution is 2.16. The molecule has 0 radical (unpaired) electrons. The molecule has 1 N–H and O–H groups in total. The lowest BCUT2D eigenvalue weighted by atomic mass is 10.2. The number of Topliss-reactive ketones (excluding diaryl/α,β-unsaturated/α-hetero) is 1. The summed E-state index contributed by atoms with van der Waals surface area (Å²) in [4.78, 5) is 37.4. The minimum Gasteiger partial charge on any atom is -0.459 e. The van der Waals surface area contributed by atoms with E-state index in [0.29, 0.717) is 10.6 Å². The number of hydrogen-bond donors (Lipinski definition) is 1. The molecule has 0 aliphatic carbocycles. The van der Waals surface area contributed by atoms with Gasteiger partial charge in [-0.05, 0) is 55.5 Å². The number of carbonyl (C=O) groups is 3. The SMILES string of the molecule is Cc1ccc(C(=O)COC(=O)c2ccc(NC(=O)c3ccco3)cc2)s1. The molecule has 26 heavy (non-hydrogen) atoms. The maximum Gasteiger partial charge on any atom is 0.338 e. The van der Waals surface area contributed by atoms with Gasteiger partial charge >= 0.3 is 5.97 Å². The molecule has 2 aromatic heterocycles. The van der Waals surface area contributed by atoms with Gasteiger partial charge in [0.25, 0.3) is 5.91 Å². The van der Waals surface area contributed by atoms with Crippen LogP contribution in [0.1, 0.15) is 35.5 Å². The van der Waals surface area contributed by atoms with Gasteiger partial charge in [0.1, 0.15) is 0 Å². The van der Waals surface area contributed by atoms with Crippen LogP contribution in [0, 0.1) is 6.92 Å². The molecule has 0 atom stereocenters. The number of benzene rings is 1. The second-order valence-corrected chi connectivity index (χ2v) is 6.71. The molecule has 0 unspecified atom stereocenters. The number of nitrogens with one attached hydrogen (secondary N) is 1. The number of hydrogen-bond acceptors (Lipinski definition) is 6. The Balaban J connectivity index is 1.55. The molecule has 132 valence electrons. The highest BCUT2D eigenvalue weighted by atomic mass is 32.1. The van der Waals surface area contributed by atoms with Gasteiger partial charge in [-0.15, -0.1) is 11.3 Å². The zero-order chi connectivity index (χ0) is 18.5. The average Bonchev–Trinajstić information content (AvgIpc) is 3.31. The molecular formula is C19H15NO5S. The maximum absolute atomic E-state index is 12.0. The molecule has 0 aliphatic rings. The van der Waals surface area contributed by atoms with E-state index in [1.54, 1.807) is 30.3 Å². The van der Waals surface area contributed by atoms with E-state index < -0.39 is 5.97 Å². The number of furan rings is 1. The molecule has 0 spiro atoms. The summed E-state index contributed by atoms with van der Waals surface area (Å²) in [6, 6.07) is 12.9. The van der Waals surface area contributed by atoms with Gasteiger partial charge < -0.3 is 14.5 Å². The number of esters is 1. The van der Waals surface area contributed by atoms with Crippen LogP contribution in [0.3, 0.4) is 0 Å². The molecule has 6 nitrogen and oxygen atoms in total. The van der Waals surface area contributed by atoms with E-state index in [1.807, 2.05) is 13.0 Å². The van der Waals surface area contributed by atoms with Gasteiger partial charge in [0, 0.05) is 10.6 Å². The predicted molar refractivity (Wildman–Crippen MR) is 96.8 cm³/mol. The van der Waals surface area contributed by atoms with Crippen molar-refractivity contribution in [2.75, 3.05) is 11.9 Å². The fourth-order valence-corrected chi connectivity index (χ4v) is 2.95. The molecule has 3 aromatic rings. The van der Waals surface area contributed by atoms with Crippen molar-refractivity contribution in [3.63, 3.8) is 0 Å². The van der Waals surface area contributed by atoms with Gasteiger partial charge in [0.2, 0.25) is 5.78 Å². The van der Waals surface area contributed by atoms with Crippen molar-refractivity contribution in [2.45, 2.75) is 6.92 Å². The Kier molecular flexibility index (Phi) is 5.28. The topological polar surface area (TPSA) is 85.6 Å². The molecule has 1 amide bonds. The van der Waals surface area contributed by atoms with E-state index in [1.165, 1.54) is 29.7 Å². The van der Waals surface area contributed by atoms with Gasteiger partial charge in [0.15, 0.2) is 12.4 Å². The number of carbonyl (C=O) groups excluding carboxylic acids is 3. The summed E-state index contributed by atoms with van der Waals surface area (Å²) >= 11 is 1.36. The lowest BCUT2D eigenvalue weighted by molar-refractivity contribution is 0.0476. The van der Waals surface area contributed by atoms with Crippen molar-refractivity contribution in [3.05, 3.63) is 75.9 Å². The standard InChI is InChI=1S/C19H15NO5S/c1-12-4-9-17(26-12)15(21)11-25-19(23)13-5-7-14(8-6-13)20-18(22)16-3-2-10-24-16/h2-10H,11H2,1H3,(H,20,22). The summed E-state index contributed by atoms with van der Waals surface area (Å²) in [5, 5.41) is 2.65. The maximum atomic E-state index is 12.0. The Bertz CT molecular complexity index is 925. The zero-order valence-electron chi connectivity index (χ0n) is 13.9. The highest BCUT2D eigenvalue weighted by Gasteiger charge is 2.14.